The predicted octanol–water partition coefficient (Wildman–Crippen LogP) is 3.48. The summed E-state index contributed by atoms with van der Waals surface area (Å²) >= 11 is 2.80. The third-order valence-corrected chi connectivity index (χ3v) is 8.17. The van der Waals surface area contributed by atoms with E-state index in [4.69, 9.17) is 4.74 Å². The summed E-state index contributed by atoms with van der Waals surface area (Å²) in [5.74, 6) is -1.22. The Labute approximate surface area is 216 Å². The van der Waals surface area contributed by atoms with Crippen molar-refractivity contribution in [2.45, 2.75) is 23.9 Å². The van der Waals surface area contributed by atoms with Crippen molar-refractivity contribution in [1.29, 1.82) is 0 Å². The molecule has 1 saturated heterocycles. The molecular formula is C27H22N2O5S2. The van der Waals surface area contributed by atoms with Crippen molar-refractivity contribution in [3.05, 3.63) is 105 Å². The van der Waals surface area contributed by atoms with Gasteiger partial charge in [0.2, 0.25) is 5.91 Å². The van der Waals surface area contributed by atoms with Crippen molar-refractivity contribution in [3.8, 4) is 0 Å². The number of rotatable bonds is 8. The maximum absolute atomic E-state index is 13.5. The van der Waals surface area contributed by atoms with Gasteiger partial charge in [0.1, 0.15) is 23.4 Å². The fourth-order valence-corrected chi connectivity index (χ4v) is 6.26. The number of hydrogen-bond acceptors (Lipinski definition) is 7. The summed E-state index contributed by atoms with van der Waals surface area (Å²) in [5.41, 5.74) is 1.67. The number of nitrogens with one attached hydrogen (secondary N) is 1. The number of esters is 1. The van der Waals surface area contributed by atoms with Crippen LogP contribution in [0.2, 0.25) is 0 Å². The minimum Gasteiger partial charge on any atom is -0.448 e. The van der Waals surface area contributed by atoms with Crippen molar-refractivity contribution in [3.63, 3.8) is 0 Å². The molecule has 0 saturated carbocycles. The molecular weight excluding hydrogens is 496 g/mol. The summed E-state index contributed by atoms with van der Waals surface area (Å²) < 4.78 is 5.94. The number of fused-ring (bicyclic) bond motifs is 1. The van der Waals surface area contributed by atoms with Crippen LogP contribution in [0.1, 0.15) is 22.1 Å². The number of thiophene rings is 1. The van der Waals surface area contributed by atoms with Crippen molar-refractivity contribution >= 4 is 47.2 Å². The molecule has 0 bridgehead atoms. The van der Waals surface area contributed by atoms with E-state index in [1.807, 2.05) is 78.2 Å². The second-order valence-corrected chi connectivity index (χ2v) is 10.4. The van der Waals surface area contributed by atoms with Crippen LogP contribution < -0.4 is 5.32 Å². The number of carbonyl (C=O) groups is 4. The van der Waals surface area contributed by atoms with Crippen molar-refractivity contribution in [2.24, 2.45) is 0 Å². The molecule has 182 valence electrons. The lowest BCUT2D eigenvalue weighted by Gasteiger charge is -2.49. The fraction of sp³-hybridized carbons (Fsp3) is 0.185. The number of carbonyl (C=O) groups excluding carboxylic acids is 4. The van der Waals surface area contributed by atoms with Gasteiger partial charge in [-0.25, -0.2) is 4.79 Å². The summed E-state index contributed by atoms with van der Waals surface area (Å²) in [4.78, 5) is 53.0. The molecule has 3 aromatic rings. The highest BCUT2D eigenvalue weighted by molar-refractivity contribution is 8.00. The molecule has 3 heterocycles. The van der Waals surface area contributed by atoms with Crippen molar-refractivity contribution in [1.82, 2.24) is 10.2 Å². The number of ether oxygens (including phenoxy) is 1. The predicted molar refractivity (Wildman–Crippen MR) is 137 cm³/mol. The van der Waals surface area contributed by atoms with Gasteiger partial charge in [-0.2, -0.15) is 0 Å². The maximum atomic E-state index is 13.5. The highest BCUT2D eigenvalue weighted by Gasteiger charge is 2.54. The first kappa shape index (κ1) is 24.0. The Kier molecular flexibility index (Phi) is 7.02. The van der Waals surface area contributed by atoms with Gasteiger partial charge in [-0.1, -0.05) is 66.7 Å². The molecule has 5 rings (SSSR count). The molecule has 0 radical (unpaired) electrons. The summed E-state index contributed by atoms with van der Waals surface area (Å²) in [5, 5.41) is 4.18. The van der Waals surface area contributed by atoms with E-state index < -0.39 is 29.4 Å². The van der Waals surface area contributed by atoms with Gasteiger partial charge in [0.15, 0.2) is 6.10 Å². The van der Waals surface area contributed by atoms with Gasteiger partial charge in [-0.05, 0) is 22.6 Å². The summed E-state index contributed by atoms with van der Waals surface area (Å²) in [6.45, 7) is 0. The number of aldehydes is 1. The molecule has 36 heavy (non-hydrogen) atoms. The molecule has 1 N–H and O–H groups in total. The van der Waals surface area contributed by atoms with Gasteiger partial charge in [-0.15, -0.1) is 23.1 Å². The summed E-state index contributed by atoms with van der Waals surface area (Å²) in [7, 11) is 0. The van der Waals surface area contributed by atoms with Gasteiger partial charge in [0.25, 0.3) is 5.91 Å². The molecule has 7 nitrogen and oxygen atoms in total. The summed E-state index contributed by atoms with van der Waals surface area (Å²) in [6.07, 6.45) is 0.0560. The van der Waals surface area contributed by atoms with Crippen LogP contribution >= 0.6 is 23.1 Å². The van der Waals surface area contributed by atoms with Crippen molar-refractivity contribution < 1.29 is 23.9 Å². The van der Waals surface area contributed by atoms with Gasteiger partial charge in [0.05, 0.1) is 6.42 Å². The average Bonchev–Trinajstić information content (AvgIpc) is 3.43. The number of amides is 2. The van der Waals surface area contributed by atoms with E-state index >= 15 is 0 Å². The molecule has 1 fully saturated rings. The van der Waals surface area contributed by atoms with Gasteiger partial charge in [0, 0.05) is 16.2 Å². The highest BCUT2D eigenvalue weighted by Crippen LogP contribution is 2.41. The molecule has 2 aromatic carbocycles. The Morgan fingerprint density at radius 2 is 1.69 bits per heavy atom. The second-order valence-electron chi connectivity index (χ2n) is 8.31. The standard InChI is InChI=1S/C27H22N2O5S2/c30-15-19-16-36-26-22(28-21(31)14-20-12-7-13-35-20)25(32)29(26)23(19)27(33)34-24(17-8-3-1-4-9-17)18-10-5-2-6-11-18/h1-13,15,22,24,26H,14,16H2,(H,28,31)/t22-,26+/m1/s1. The Morgan fingerprint density at radius 3 is 2.28 bits per heavy atom. The van der Waals surface area contributed by atoms with Gasteiger partial charge >= 0.3 is 5.97 Å². The Morgan fingerprint density at radius 1 is 1.03 bits per heavy atom. The maximum Gasteiger partial charge on any atom is 0.356 e. The van der Waals surface area contributed by atoms with Crippen LogP contribution in [0.3, 0.4) is 0 Å². The number of thioether (sulfide) groups is 1. The van der Waals surface area contributed by atoms with E-state index in [1.54, 1.807) is 0 Å². The quantitative estimate of drug-likeness (QED) is 0.279. The monoisotopic (exact) mass is 518 g/mol. The van der Waals surface area contributed by atoms with E-state index in [0.717, 1.165) is 16.0 Å². The number of nitrogens with zero attached hydrogens (tertiary/aromatic N) is 1. The lowest BCUT2D eigenvalue weighted by atomic mass is 10.0. The fourth-order valence-electron chi connectivity index (χ4n) is 4.27. The largest absolute Gasteiger partial charge is 0.448 e. The van der Waals surface area contributed by atoms with Crippen LogP contribution in [0.5, 0.6) is 0 Å². The normalized spacial score (nSPS) is 18.9. The third kappa shape index (κ3) is 4.72. The zero-order valence-electron chi connectivity index (χ0n) is 19.0. The van der Waals surface area contributed by atoms with Crippen LogP contribution in [-0.2, 0) is 30.3 Å². The van der Waals surface area contributed by atoms with Gasteiger partial charge < -0.3 is 10.1 Å². The number of β-lactam (4-membered cyclic amide) rings is 1. The molecule has 0 aliphatic carbocycles. The third-order valence-electron chi connectivity index (χ3n) is 5.99. The highest BCUT2D eigenvalue weighted by atomic mass is 32.2. The SMILES string of the molecule is O=CC1=C(C(=O)OC(c2ccccc2)c2ccccc2)N2C(=O)[C@@H](NC(=O)Cc3cccs3)[C@@H]2SC1. The molecule has 1 aromatic heterocycles. The zero-order valence-corrected chi connectivity index (χ0v) is 20.7. The van der Waals surface area contributed by atoms with E-state index in [2.05, 4.69) is 5.32 Å². The van der Waals surface area contributed by atoms with Crippen LogP contribution in [0.15, 0.2) is 89.4 Å². The van der Waals surface area contributed by atoms with Crippen LogP contribution in [0, 0.1) is 0 Å². The van der Waals surface area contributed by atoms with Gasteiger partial charge in [-0.3, -0.25) is 19.3 Å². The number of hydrogen-bond donors (Lipinski definition) is 1. The Balaban J connectivity index is 1.36. The zero-order chi connectivity index (χ0) is 25.1. The lowest BCUT2D eigenvalue weighted by molar-refractivity contribution is -0.154. The minimum atomic E-state index is -0.766. The molecule has 0 unspecified atom stereocenters. The average molecular weight is 519 g/mol. The number of benzene rings is 2. The first-order valence-electron chi connectivity index (χ1n) is 11.3. The van der Waals surface area contributed by atoms with Crippen LogP contribution in [-0.4, -0.2) is 46.1 Å². The van der Waals surface area contributed by atoms with Crippen molar-refractivity contribution in [2.75, 3.05) is 5.75 Å². The first-order chi connectivity index (χ1) is 17.6. The van der Waals surface area contributed by atoms with E-state index in [9.17, 15) is 19.2 Å². The molecule has 9 heteroatoms. The van der Waals surface area contributed by atoms with E-state index in [0.29, 0.717) is 6.29 Å². The Bertz CT molecular complexity index is 1270. The first-order valence-corrected chi connectivity index (χ1v) is 13.3. The second kappa shape index (κ2) is 10.5. The molecule has 2 atom stereocenters. The minimum absolute atomic E-state index is 0.0561. The lowest BCUT2D eigenvalue weighted by Crippen LogP contribution is -2.70. The topological polar surface area (TPSA) is 92.8 Å². The molecule has 2 amide bonds. The van der Waals surface area contributed by atoms with Crippen LogP contribution in [0.25, 0.3) is 0 Å². The molecule has 0 spiro atoms. The van der Waals surface area contributed by atoms with Crippen LogP contribution in [0.4, 0.5) is 0 Å². The summed E-state index contributed by atoms with van der Waals surface area (Å²) in [6, 6.07) is 21.5. The van der Waals surface area contributed by atoms with E-state index in [-0.39, 0.29) is 29.4 Å². The molecule has 2 aliphatic rings. The Hall–Kier alpha value is -3.69. The molecule has 2 aliphatic heterocycles. The smallest absolute Gasteiger partial charge is 0.356 e. The van der Waals surface area contributed by atoms with E-state index in [1.165, 1.54) is 28.0 Å².